The molecule has 34 heavy (non-hydrogen) atoms. The molecule has 3 aromatic carbocycles. The van der Waals surface area contributed by atoms with Crippen LogP contribution in [0.1, 0.15) is 16.7 Å². The maximum Gasteiger partial charge on any atom is 0.416 e. The Morgan fingerprint density at radius 2 is 1.71 bits per heavy atom. The van der Waals surface area contributed by atoms with Crippen LogP contribution in [0, 0.1) is 0 Å². The number of esters is 1. The van der Waals surface area contributed by atoms with Gasteiger partial charge in [-0.3, -0.25) is 9.59 Å². The summed E-state index contributed by atoms with van der Waals surface area (Å²) in [5.74, 6) is -1.60. The fourth-order valence-electron chi connectivity index (χ4n) is 2.83. The minimum Gasteiger partial charge on any atom is -0.455 e. The Labute approximate surface area is 203 Å². The van der Waals surface area contributed by atoms with Gasteiger partial charge < -0.3 is 4.74 Å². The van der Waals surface area contributed by atoms with Gasteiger partial charge in [-0.15, -0.1) is 0 Å². The Morgan fingerprint density at radius 3 is 2.38 bits per heavy atom. The van der Waals surface area contributed by atoms with E-state index in [0.717, 1.165) is 23.2 Å². The number of hydrazone groups is 1. The van der Waals surface area contributed by atoms with Crippen LogP contribution in [0.5, 0.6) is 0 Å². The van der Waals surface area contributed by atoms with E-state index in [2.05, 4.69) is 5.10 Å². The molecular formula is C24H17Cl2F3N2O3. The van der Waals surface area contributed by atoms with Gasteiger partial charge in [-0.25, -0.2) is 0 Å². The Morgan fingerprint density at radius 1 is 0.971 bits per heavy atom. The van der Waals surface area contributed by atoms with E-state index < -0.39 is 30.2 Å². The highest BCUT2D eigenvalue weighted by atomic mass is 35.5. The van der Waals surface area contributed by atoms with Gasteiger partial charge in [0.1, 0.15) is 0 Å². The summed E-state index contributed by atoms with van der Waals surface area (Å²) in [5.41, 5.74) is -0.0297. The first-order chi connectivity index (χ1) is 16.1. The quantitative estimate of drug-likeness (QED) is 0.218. The normalized spacial score (nSPS) is 11.4. The highest BCUT2D eigenvalue weighted by Gasteiger charge is 2.31. The van der Waals surface area contributed by atoms with Gasteiger partial charge >= 0.3 is 12.1 Å². The minimum absolute atomic E-state index is 0.135. The Kier molecular flexibility index (Phi) is 8.31. The molecule has 0 bridgehead atoms. The molecule has 3 aromatic rings. The van der Waals surface area contributed by atoms with Crippen LogP contribution in [0.3, 0.4) is 0 Å². The van der Waals surface area contributed by atoms with Gasteiger partial charge in [0, 0.05) is 10.0 Å². The van der Waals surface area contributed by atoms with E-state index in [4.69, 9.17) is 27.9 Å². The molecule has 0 atom stereocenters. The van der Waals surface area contributed by atoms with Gasteiger partial charge in [0.15, 0.2) is 6.61 Å². The van der Waals surface area contributed by atoms with Gasteiger partial charge in [0.25, 0.3) is 5.91 Å². The average molecular weight is 509 g/mol. The first kappa shape index (κ1) is 25.3. The highest BCUT2D eigenvalue weighted by Crippen LogP contribution is 2.32. The standard InChI is InChI=1S/C24H17Cl2F3N2O3/c25-19-10-9-17(21(26)13-19)11-23(33)34-15-22(32)31(30-14-16-5-2-1-3-6-16)20-8-4-7-18(12-20)24(27,28)29/h1-10,12-14H,11,15H2/b30-14-. The molecule has 0 radical (unpaired) electrons. The van der Waals surface area contributed by atoms with Crippen LogP contribution < -0.4 is 5.01 Å². The molecule has 0 aliphatic rings. The summed E-state index contributed by atoms with van der Waals surface area (Å²) in [6.45, 7) is -0.744. The minimum atomic E-state index is -4.61. The largest absolute Gasteiger partial charge is 0.455 e. The van der Waals surface area contributed by atoms with Gasteiger partial charge in [0.2, 0.25) is 0 Å². The summed E-state index contributed by atoms with van der Waals surface area (Å²) in [7, 11) is 0. The number of amides is 1. The van der Waals surface area contributed by atoms with Crippen LogP contribution >= 0.6 is 23.2 Å². The van der Waals surface area contributed by atoms with Crippen LogP contribution in [0.2, 0.25) is 10.0 Å². The third-order valence-corrected chi connectivity index (χ3v) is 5.07. The van der Waals surface area contributed by atoms with Crippen molar-refractivity contribution >= 4 is 47.0 Å². The van der Waals surface area contributed by atoms with Crippen molar-refractivity contribution < 1.29 is 27.5 Å². The van der Waals surface area contributed by atoms with E-state index in [0.29, 0.717) is 16.1 Å². The molecule has 1 amide bonds. The van der Waals surface area contributed by atoms with Crippen LogP contribution in [0.4, 0.5) is 18.9 Å². The third kappa shape index (κ3) is 7.07. The van der Waals surface area contributed by atoms with Crippen LogP contribution in [0.15, 0.2) is 77.9 Å². The fraction of sp³-hybridized carbons (Fsp3) is 0.125. The molecule has 0 aliphatic heterocycles. The summed E-state index contributed by atoms with van der Waals surface area (Å²) < 4.78 is 44.5. The van der Waals surface area contributed by atoms with Crippen LogP contribution in [-0.2, 0) is 26.9 Å². The highest BCUT2D eigenvalue weighted by molar-refractivity contribution is 6.35. The molecule has 0 aliphatic carbocycles. The van der Waals surface area contributed by atoms with E-state index >= 15 is 0 Å². The molecule has 5 nitrogen and oxygen atoms in total. The van der Waals surface area contributed by atoms with Crippen LogP contribution in [0.25, 0.3) is 0 Å². The third-order valence-electron chi connectivity index (χ3n) is 4.48. The first-order valence-electron chi connectivity index (χ1n) is 9.82. The fourth-order valence-corrected chi connectivity index (χ4v) is 3.30. The summed E-state index contributed by atoms with van der Waals surface area (Å²) >= 11 is 11.9. The number of hydrogen-bond donors (Lipinski definition) is 0. The second-order valence-electron chi connectivity index (χ2n) is 6.98. The number of benzene rings is 3. The van der Waals surface area contributed by atoms with E-state index in [1.165, 1.54) is 18.3 Å². The molecule has 0 unspecified atom stereocenters. The number of nitrogens with zero attached hydrogens (tertiary/aromatic N) is 2. The monoisotopic (exact) mass is 508 g/mol. The maximum atomic E-state index is 13.2. The molecular weight excluding hydrogens is 492 g/mol. The summed E-state index contributed by atoms with van der Waals surface area (Å²) in [4.78, 5) is 25.0. The van der Waals surface area contributed by atoms with Crippen molar-refractivity contribution in [3.63, 3.8) is 0 Å². The first-order valence-corrected chi connectivity index (χ1v) is 10.6. The molecule has 0 saturated carbocycles. The zero-order chi connectivity index (χ0) is 24.7. The molecule has 0 N–H and O–H groups in total. The number of hydrogen-bond acceptors (Lipinski definition) is 4. The van der Waals surface area contributed by atoms with Gasteiger partial charge in [-0.1, -0.05) is 65.7 Å². The van der Waals surface area contributed by atoms with Crippen molar-refractivity contribution in [2.45, 2.75) is 12.6 Å². The number of rotatable bonds is 7. The zero-order valence-electron chi connectivity index (χ0n) is 17.4. The Hall–Kier alpha value is -3.36. The lowest BCUT2D eigenvalue weighted by Gasteiger charge is -2.18. The second kappa shape index (κ2) is 11.2. The molecule has 0 spiro atoms. The Bertz CT molecular complexity index is 1200. The zero-order valence-corrected chi connectivity index (χ0v) is 18.9. The average Bonchev–Trinajstić information content (AvgIpc) is 2.80. The number of halogens is 5. The van der Waals surface area contributed by atoms with E-state index in [9.17, 15) is 22.8 Å². The molecule has 3 rings (SSSR count). The van der Waals surface area contributed by atoms with Gasteiger partial charge in [-0.2, -0.15) is 23.3 Å². The molecule has 0 saturated heterocycles. The van der Waals surface area contributed by atoms with Crippen LogP contribution in [-0.4, -0.2) is 24.7 Å². The molecule has 0 heterocycles. The smallest absolute Gasteiger partial charge is 0.416 e. The maximum absolute atomic E-state index is 13.2. The van der Waals surface area contributed by atoms with Gasteiger partial charge in [0.05, 0.1) is 23.9 Å². The molecule has 0 fully saturated rings. The molecule has 176 valence electrons. The second-order valence-corrected chi connectivity index (χ2v) is 7.83. The lowest BCUT2D eigenvalue weighted by molar-refractivity contribution is -0.147. The predicted molar refractivity (Wildman–Crippen MR) is 124 cm³/mol. The number of alkyl halides is 3. The molecule has 0 aromatic heterocycles. The molecule has 10 heteroatoms. The number of ether oxygens (including phenoxy) is 1. The topological polar surface area (TPSA) is 59.0 Å². The van der Waals surface area contributed by atoms with Crippen molar-refractivity contribution in [3.05, 3.63) is 99.5 Å². The van der Waals surface area contributed by atoms with Crippen molar-refractivity contribution in [2.24, 2.45) is 5.10 Å². The summed E-state index contributed by atoms with van der Waals surface area (Å²) in [5, 5.41) is 5.44. The van der Waals surface area contributed by atoms with E-state index in [1.807, 2.05) is 0 Å². The number of anilines is 1. The van der Waals surface area contributed by atoms with Crippen molar-refractivity contribution in [1.82, 2.24) is 0 Å². The van der Waals surface area contributed by atoms with Crippen molar-refractivity contribution in [1.29, 1.82) is 0 Å². The van der Waals surface area contributed by atoms with Gasteiger partial charge in [-0.05, 0) is 41.5 Å². The summed E-state index contributed by atoms with van der Waals surface area (Å²) in [6, 6.07) is 17.3. The lowest BCUT2D eigenvalue weighted by atomic mass is 10.1. The number of carbonyl (C=O) groups is 2. The van der Waals surface area contributed by atoms with E-state index in [1.54, 1.807) is 42.5 Å². The van der Waals surface area contributed by atoms with Crippen molar-refractivity contribution in [3.8, 4) is 0 Å². The predicted octanol–water partition coefficient (Wildman–Crippen LogP) is 6.17. The van der Waals surface area contributed by atoms with Crippen molar-refractivity contribution in [2.75, 3.05) is 11.6 Å². The Balaban J connectivity index is 1.78. The summed E-state index contributed by atoms with van der Waals surface area (Å²) in [6.07, 6.45) is -3.52. The number of carbonyl (C=O) groups excluding carboxylic acids is 2. The SMILES string of the molecule is O=C(Cc1ccc(Cl)cc1Cl)OCC(=O)N(/N=C\c1ccccc1)c1cccc(C(F)(F)F)c1. The lowest BCUT2D eigenvalue weighted by Crippen LogP contribution is -2.31. The van der Waals surface area contributed by atoms with E-state index in [-0.39, 0.29) is 17.1 Å².